The summed E-state index contributed by atoms with van der Waals surface area (Å²) in [6, 6.07) is 0. The lowest BCUT2D eigenvalue weighted by molar-refractivity contribution is -0.0244. The van der Waals surface area contributed by atoms with Crippen molar-refractivity contribution in [2.75, 3.05) is 13.6 Å². The molecule has 0 aromatic carbocycles. The Morgan fingerprint density at radius 3 is 2.45 bits per heavy atom. The molecule has 1 aliphatic heterocycles. The lowest BCUT2D eigenvalue weighted by Gasteiger charge is -2.46. The molecule has 11 heavy (non-hydrogen) atoms. The Bertz CT molecular complexity index is 130. The maximum atomic E-state index is 9.44. The predicted molar refractivity (Wildman–Crippen MR) is 46.5 cm³/mol. The lowest BCUT2D eigenvalue weighted by atomic mass is 9.80. The molecule has 1 heterocycles. The molecular formula is C9H19NO. The smallest absolute Gasteiger partial charge is 0.0670 e. The van der Waals surface area contributed by atoms with Crippen molar-refractivity contribution in [3.63, 3.8) is 0 Å². The van der Waals surface area contributed by atoms with E-state index in [0.29, 0.717) is 5.92 Å². The van der Waals surface area contributed by atoms with Gasteiger partial charge in [-0.25, -0.2) is 0 Å². The van der Waals surface area contributed by atoms with Crippen molar-refractivity contribution in [3.8, 4) is 0 Å². The first-order chi connectivity index (χ1) is 4.94. The van der Waals surface area contributed by atoms with Gasteiger partial charge in [0.25, 0.3) is 0 Å². The molecule has 2 heteroatoms. The third-order valence-corrected chi connectivity index (χ3v) is 3.30. The van der Waals surface area contributed by atoms with Gasteiger partial charge in [-0.2, -0.15) is 0 Å². The van der Waals surface area contributed by atoms with E-state index in [1.54, 1.807) is 0 Å². The average Bonchev–Trinajstić information content (AvgIpc) is 1.84. The van der Waals surface area contributed by atoms with Gasteiger partial charge >= 0.3 is 0 Å². The highest BCUT2D eigenvalue weighted by atomic mass is 16.3. The Balaban J connectivity index is 2.67. The molecule has 0 aromatic heterocycles. The Hall–Kier alpha value is -0.0800. The van der Waals surface area contributed by atoms with Crippen molar-refractivity contribution in [1.82, 2.24) is 4.90 Å². The molecule has 66 valence electrons. The molecule has 0 aromatic rings. The molecule has 1 N–H and O–H groups in total. The number of likely N-dealkylation sites (N-methyl/N-ethyl adjacent to an activating group) is 1. The first-order valence-electron chi connectivity index (χ1n) is 4.34. The van der Waals surface area contributed by atoms with Crippen LogP contribution in [0.15, 0.2) is 0 Å². The lowest BCUT2D eigenvalue weighted by Crippen LogP contribution is -2.54. The van der Waals surface area contributed by atoms with E-state index < -0.39 is 0 Å². The van der Waals surface area contributed by atoms with Gasteiger partial charge in [0.2, 0.25) is 0 Å². The summed E-state index contributed by atoms with van der Waals surface area (Å²) in [5.41, 5.74) is 0.249. The molecule has 2 unspecified atom stereocenters. The molecule has 0 aliphatic carbocycles. The number of aliphatic hydroxyl groups is 1. The summed E-state index contributed by atoms with van der Waals surface area (Å²) in [6.07, 6.45) is 0.820. The minimum atomic E-state index is -0.122. The monoisotopic (exact) mass is 157 g/mol. The number of hydrogen-bond donors (Lipinski definition) is 1. The van der Waals surface area contributed by atoms with E-state index in [9.17, 15) is 5.11 Å². The number of piperidine rings is 1. The van der Waals surface area contributed by atoms with Crippen LogP contribution in [0.1, 0.15) is 27.2 Å². The third kappa shape index (κ3) is 1.57. The fourth-order valence-electron chi connectivity index (χ4n) is 1.70. The average molecular weight is 157 g/mol. The molecule has 0 saturated carbocycles. The van der Waals surface area contributed by atoms with E-state index in [4.69, 9.17) is 0 Å². The van der Waals surface area contributed by atoms with Crippen molar-refractivity contribution >= 4 is 0 Å². The normalized spacial score (nSPS) is 39.0. The molecule has 0 spiro atoms. The van der Waals surface area contributed by atoms with Gasteiger partial charge in [0.15, 0.2) is 0 Å². The van der Waals surface area contributed by atoms with Gasteiger partial charge in [0.1, 0.15) is 0 Å². The zero-order chi connectivity index (χ0) is 8.65. The van der Waals surface area contributed by atoms with Crippen molar-refractivity contribution in [3.05, 3.63) is 0 Å². The zero-order valence-corrected chi connectivity index (χ0v) is 7.96. The second-order valence-corrected chi connectivity index (χ2v) is 4.32. The van der Waals surface area contributed by atoms with Crippen molar-refractivity contribution < 1.29 is 5.11 Å². The minimum Gasteiger partial charge on any atom is -0.392 e. The van der Waals surface area contributed by atoms with Crippen LogP contribution in [0.25, 0.3) is 0 Å². The number of nitrogens with zero attached hydrogens (tertiary/aromatic N) is 1. The first kappa shape index (κ1) is 9.01. The second kappa shape index (κ2) is 2.76. The highest BCUT2D eigenvalue weighted by Gasteiger charge is 2.36. The van der Waals surface area contributed by atoms with E-state index in [1.807, 2.05) is 0 Å². The van der Waals surface area contributed by atoms with Gasteiger partial charge in [0.05, 0.1) is 6.10 Å². The van der Waals surface area contributed by atoms with E-state index in [1.165, 1.54) is 0 Å². The summed E-state index contributed by atoms with van der Waals surface area (Å²) in [4.78, 5) is 2.24. The number of rotatable bonds is 0. The van der Waals surface area contributed by atoms with Crippen LogP contribution in [0.3, 0.4) is 0 Å². The van der Waals surface area contributed by atoms with Crippen LogP contribution in [0, 0.1) is 5.92 Å². The van der Waals surface area contributed by atoms with Gasteiger partial charge < -0.3 is 5.11 Å². The molecule has 0 bridgehead atoms. The minimum absolute atomic E-state index is 0.122. The topological polar surface area (TPSA) is 23.5 Å². The molecule has 0 radical (unpaired) electrons. The fourth-order valence-corrected chi connectivity index (χ4v) is 1.70. The number of likely N-dealkylation sites (tertiary alicyclic amines) is 1. The largest absolute Gasteiger partial charge is 0.392 e. The van der Waals surface area contributed by atoms with Crippen molar-refractivity contribution in [1.29, 1.82) is 0 Å². The Morgan fingerprint density at radius 2 is 2.00 bits per heavy atom. The molecule has 2 atom stereocenters. The summed E-state index contributed by atoms with van der Waals surface area (Å²) in [6.45, 7) is 7.50. The SMILES string of the molecule is CC1CC(O)CN(C)C1(C)C. The van der Waals surface area contributed by atoms with E-state index in [0.717, 1.165) is 13.0 Å². The summed E-state index contributed by atoms with van der Waals surface area (Å²) in [5, 5.41) is 9.44. The summed E-state index contributed by atoms with van der Waals surface area (Å²) >= 11 is 0. The first-order valence-corrected chi connectivity index (χ1v) is 4.34. The standard InChI is InChI=1S/C9H19NO/c1-7-5-8(11)6-10(4)9(7,2)3/h7-8,11H,5-6H2,1-4H3. The van der Waals surface area contributed by atoms with Gasteiger partial charge in [-0.1, -0.05) is 6.92 Å². The van der Waals surface area contributed by atoms with Crippen LogP contribution >= 0.6 is 0 Å². The Labute approximate surface area is 69.2 Å². The van der Waals surface area contributed by atoms with Gasteiger partial charge in [-0.3, -0.25) is 4.90 Å². The van der Waals surface area contributed by atoms with Crippen LogP contribution in [0.4, 0.5) is 0 Å². The molecule has 1 aliphatic rings. The van der Waals surface area contributed by atoms with Crippen LogP contribution in [-0.2, 0) is 0 Å². The maximum absolute atomic E-state index is 9.44. The Morgan fingerprint density at radius 1 is 1.45 bits per heavy atom. The van der Waals surface area contributed by atoms with Gasteiger partial charge in [0, 0.05) is 12.1 Å². The van der Waals surface area contributed by atoms with Gasteiger partial charge in [-0.05, 0) is 33.2 Å². The molecule has 2 nitrogen and oxygen atoms in total. The summed E-state index contributed by atoms with van der Waals surface area (Å²) in [5.74, 6) is 0.580. The fraction of sp³-hybridized carbons (Fsp3) is 1.00. The highest BCUT2D eigenvalue weighted by Crippen LogP contribution is 2.31. The quantitative estimate of drug-likeness (QED) is 0.569. The molecule has 0 amide bonds. The highest BCUT2D eigenvalue weighted by molar-refractivity contribution is 4.91. The summed E-state index contributed by atoms with van der Waals surface area (Å²) in [7, 11) is 2.08. The van der Waals surface area contributed by atoms with Crippen LogP contribution in [0.5, 0.6) is 0 Å². The van der Waals surface area contributed by atoms with E-state index >= 15 is 0 Å². The summed E-state index contributed by atoms with van der Waals surface area (Å²) < 4.78 is 0. The van der Waals surface area contributed by atoms with E-state index in [-0.39, 0.29) is 11.6 Å². The number of hydrogen-bond acceptors (Lipinski definition) is 2. The van der Waals surface area contributed by atoms with Crippen LogP contribution in [0.2, 0.25) is 0 Å². The van der Waals surface area contributed by atoms with Crippen LogP contribution < -0.4 is 0 Å². The van der Waals surface area contributed by atoms with Crippen molar-refractivity contribution in [2.45, 2.75) is 38.8 Å². The predicted octanol–water partition coefficient (Wildman–Crippen LogP) is 1.10. The molecule has 1 fully saturated rings. The molecule has 1 rings (SSSR count). The molecule has 1 saturated heterocycles. The van der Waals surface area contributed by atoms with Gasteiger partial charge in [-0.15, -0.1) is 0 Å². The Kier molecular flexibility index (Phi) is 2.26. The van der Waals surface area contributed by atoms with E-state index in [2.05, 4.69) is 32.7 Å². The number of aliphatic hydroxyl groups excluding tert-OH is 1. The molecular weight excluding hydrogens is 138 g/mol. The van der Waals surface area contributed by atoms with Crippen molar-refractivity contribution in [2.24, 2.45) is 5.92 Å². The third-order valence-electron chi connectivity index (χ3n) is 3.30. The maximum Gasteiger partial charge on any atom is 0.0670 e. The zero-order valence-electron chi connectivity index (χ0n) is 7.96. The number of β-amino-alcohol motifs (C(OH)–C–C–N with tert-alkyl or cyclic N) is 1. The second-order valence-electron chi connectivity index (χ2n) is 4.32. The van der Waals surface area contributed by atoms with Crippen LogP contribution in [-0.4, -0.2) is 35.2 Å².